The molecule has 0 N–H and O–H groups in total. The fourth-order valence-corrected chi connectivity index (χ4v) is 17.0. The number of unbranched alkanes of at least 4 members (excludes halogenated alkanes) is 1. The molecular weight excluding hydrogens is 328 g/mol. The Morgan fingerprint density at radius 3 is 1.73 bits per heavy atom. The molecule has 0 aliphatic heterocycles. The molecule has 0 unspecified atom stereocenters. The Morgan fingerprint density at radius 2 is 1.27 bits per heavy atom. The van der Waals surface area contributed by atoms with Crippen molar-refractivity contribution in [2.45, 2.75) is 77.6 Å². The Morgan fingerprint density at radius 1 is 0.773 bits per heavy atom. The maximum absolute atomic E-state index is 6.55. The van der Waals surface area contributed by atoms with Crippen LogP contribution in [0.25, 0.3) is 0 Å². The molecule has 0 saturated heterocycles. The van der Waals surface area contributed by atoms with Gasteiger partial charge in [0, 0.05) is 13.7 Å². The standard InChI is InChI=1S/C15H38O4Si3/c1-9-10-13-20(3,4)18-22(7,8)19-21(5,6)14-11-12-17-15-16-2/h9-15H2,1-8H3. The molecule has 0 aromatic carbocycles. The van der Waals surface area contributed by atoms with Gasteiger partial charge in [-0.1, -0.05) is 19.8 Å². The van der Waals surface area contributed by atoms with Crippen LogP contribution in [0.4, 0.5) is 0 Å². The van der Waals surface area contributed by atoms with Gasteiger partial charge in [-0.25, -0.2) is 0 Å². The van der Waals surface area contributed by atoms with Crippen LogP contribution in [0.3, 0.4) is 0 Å². The number of hydrogen-bond donors (Lipinski definition) is 0. The quantitative estimate of drug-likeness (QED) is 0.263. The van der Waals surface area contributed by atoms with Gasteiger partial charge in [0.15, 0.2) is 16.6 Å². The summed E-state index contributed by atoms with van der Waals surface area (Å²) in [7, 11) is -3.67. The highest BCUT2D eigenvalue weighted by Gasteiger charge is 2.39. The zero-order valence-electron chi connectivity index (χ0n) is 16.1. The van der Waals surface area contributed by atoms with Gasteiger partial charge in [-0.15, -0.1) is 0 Å². The SMILES string of the molecule is CCCC[Si](C)(C)O[Si](C)(C)O[Si](C)(C)CCCOCOC. The van der Waals surface area contributed by atoms with Gasteiger partial charge in [0.2, 0.25) is 0 Å². The second-order valence-corrected chi connectivity index (χ2v) is 20.1. The van der Waals surface area contributed by atoms with Gasteiger partial charge in [0.25, 0.3) is 0 Å². The largest absolute Gasteiger partial charge is 0.437 e. The highest BCUT2D eigenvalue weighted by atomic mass is 28.5. The van der Waals surface area contributed by atoms with Gasteiger partial charge >= 0.3 is 8.56 Å². The normalized spacial score (nSPS) is 13.6. The summed E-state index contributed by atoms with van der Waals surface area (Å²) < 4.78 is 23.4. The maximum atomic E-state index is 6.55. The van der Waals surface area contributed by atoms with Gasteiger partial charge in [0.05, 0.1) is 0 Å². The average Bonchev–Trinajstić information content (AvgIpc) is 2.33. The molecule has 0 aromatic heterocycles. The van der Waals surface area contributed by atoms with E-state index < -0.39 is 25.2 Å². The molecule has 7 heteroatoms. The molecule has 0 atom stereocenters. The predicted molar refractivity (Wildman–Crippen MR) is 102 cm³/mol. The first-order chi connectivity index (χ1) is 10.0. The van der Waals surface area contributed by atoms with Crippen molar-refractivity contribution in [1.82, 2.24) is 0 Å². The van der Waals surface area contributed by atoms with Crippen LogP contribution in [-0.4, -0.2) is 45.7 Å². The summed E-state index contributed by atoms with van der Waals surface area (Å²) in [5.41, 5.74) is 0. The predicted octanol–water partition coefficient (Wildman–Crippen LogP) is 4.94. The summed E-state index contributed by atoms with van der Waals surface area (Å²) in [4.78, 5) is 0. The van der Waals surface area contributed by atoms with Crippen LogP contribution in [0.1, 0.15) is 26.2 Å². The van der Waals surface area contributed by atoms with Gasteiger partial charge in [-0.2, -0.15) is 0 Å². The summed E-state index contributed by atoms with van der Waals surface area (Å²) in [5, 5.41) is 0. The molecule has 0 saturated carbocycles. The Bertz CT molecular complexity index is 297. The van der Waals surface area contributed by atoms with E-state index in [1.807, 2.05) is 0 Å². The average molecular weight is 367 g/mol. The lowest BCUT2D eigenvalue weighted by molar-refractivity contribution is -0.0302. The van der Waals surface area contributed by atoms with Crippen molar-refractivity contribution in [3.63, 3.8) is 0 Å². The number of rotatable bonds is 13. The Balaban J connectivity index is 4.29. The Labute approximate surface area is 141 Å². The highest BCUT2D eigenvalue weighted by molar-refractivity contribution is 6.87. The minimum Gasteiger partial charge on any atom is -0.437 e. The second kappa shape index (κ2) is 10.4. The summed E-state index contributed by atoms with van der Waals surface area (Å²) in [6, 6.07) is 2.34. The van der Waals surface area contributed by atoms with Crippen molar-refractivity contribution in [2.24, 2.45) is 0 Å². The lowest BCUT2D eigenvalue weighted by atomic mass is 10.4. The van der Waals surface area contributed by atoms with Crippen molar-refractivity contribution in [1.29, 1.82) is 0 Å². The number of methoxy groups -OCH3 is 1. The number of hydrogen-bond acceptors (Lipinski definition) is 4. The summed E-state index contributed by atoms with van der Waals surface area (Å²) >= 11 is 0. The molecule has 0 spiro atoms. The van der Waals surface area contributed by atoms with Crippen molar-refractivity contribution in [3.8, 4) is 0 Å². The third-order valence-corrected chi connectivity index (χ3v) is 14.9. The molecule has 0 rings (SSSR count). The molecule has 0 aliphatic rings. The zero-order valence-corrected chi connectivity index (χ0v) is 19.1. The molecule has 22 heavy (non-hydrogen) atoms. The van der Waals surface area contributed by atoms with E-state index >= 15 is 0 Å². The van der Waals surface area contributed by atoms with E-state index in [4.69, 9.17) is 17.7 Å². The van der Waals surface area contributed by atoms with Crippen LogP contribution in [0.2, 0.25) is 51.4 Å². The molecule has 0 bridgehead atoms. The van der Waals surface area contributed by atoms with Crippen LogP contribution in [0, 0.1) is 0 Å². The van der Waals surface area contributed by atoms with E-state index in [9.17, 15) is 0 Å². The molecule has 4 nitrogen and oxygen atoms in total. The lowest BCUT2D eigenvalue weighted by Crippen LogP contribution is -2.52. The molecule has 0 heterocycles. The molecule has 0 radical (unpaired) electrons. The third kappa shape index (κ3) is 12.0. The van der Waals surface area contributed by atoms with Gasteiger partial charge in [0.1, 0.15) is 6.79 Å². The highest BCUT2D eigenvalue weighted by Crippen LogP contribution is 2.26. The summed E-state index contributed by atoms with van der Waals surface area (Å²) in [6.45, 7) is 17.0. The second-order valence-electron chi connectivity index (χ2n) is 7.65. The minimum absolute atomic E-state index is 0.378. The van der Waals surface area contributed by atoms with E-state index in [0.717, 1.165) is 19.1 Å². The van der Waals surface area contributed by atoms with Crippen LogP contribution in [0.15, 0.2) is 0 Å². The molecule has 0 fully saturated rings. The molecular formula is C15H38O4Si3. The topological polar surface area (TPSA) is 36.9 Å². The molecule has 0 aliphatic carbocycles. The van der Waals surface area contributed by atoms with Crippen LogP contribution >= 0.6 is 0 Å². The maximum Gasteiger partial charge on any atom is 0.311 e. The van der Waals surface area contributed by atoms with Crippen molar-refractivity contribution in [2.75, 3.05) is 20.5 Å². The summed E-state index contributed by atoms with van der Waals surface area (Å²) in [6.07, 6.45) is 3.54. The van der Waals surface area contributed by atoms with E-state index in [-0.39, 0.29) is 0 Å². The van der Waals surface area contributed by atoms with Crippen LogP contribution in [-0.2, 0) is 17.7 Å². The van der Waals surface area contributed by atoms with Gasteiger partial charge in [-0.3, -0.25) is 0 Å². The van der Waals surface area contributed by atoms with E-state index in [0.29, 0.717) is 6.79 Å². The zero-order chi connectivity index (χ0) is 17.3. The minimum atomic E-state index is -2.04. The first-order valence-corrected chi connectivity index (χ1v) is 17.6. The van der Waals surface area contributed by atoms with E-state index in [2.05, 4.69) is 46.2 Å². The van der Waals surface area contributed by atoms with Gasteiger partial charge in [-0.05, 0) is 57.8 Å². The Kier molecular flexibility index (Phi) is 10.6. The molecule has 0 amide bonds. The molecule has 0 aromatic rings. The fourth-order valence-electron chi connectivity index (χ4n) is 2.80. The lowest BCUT2D eigenvalue weighted by Gasteiger charge is -2.38. The van der Waals surface area contributed by atoms with E-state index in [1.165, 1.54) is 18.9 Å². The van der Waals surface area contributed by atoms with Crippen molar-refractivity contribution in [3.05, 3.63) is 0 Å². The monoisotopic (exact) mass is 366 g/mol. The molecule has 134 valence electrons. The van der Waals surface area contributed by atoms with Crippen molar-refractivity contribution < 1.29 is 17.7 Å². The third-order valence-electron chi connectivity index (χ3n) is 3.45. The van der Waals surface area contributed by atoms with Crippen molar-refractivity contribution >= 4 is 25.2 Å². The first-order valence-electron chi connectivity index (χ1n) is 8.50. The first kappa shape index (κ1) is 22.5. The summed E-state index contributed by atoms with van der Waals surface area (Å²) in [5.74, 6) is 0. The Hall–Kier alpha value is 0.491. The van der Waals surface area contributed by atoms with Crippen LogP contribution in [0.5, 0.6) is 0 Å². The van der Waals surface area contributed by atoms with Gasteiger partial charge < -0.3 is 17.7 Å². The fraction of sp³-hybridized carbons (Fsp3) is 1.00. The van der Waals surface area contributed by atoms with E-state index in [1.54, 1.807) is 7.11 Å². The van der Waals surface area contributed by atoms with Crippen LogP contribution < -0.4 is 0 Å². The number of ether oxygens (including phenoxy) is 2. The smallest absolute Gasteiger partial charge is 0.311 e.